The fraction of sp³-hybridized carbons (Fsp3) is 0.167. The molecule has 0 amide bonds. The van der Waals surface area contributed by atoms with E-state index in [2.05, 4.69) is 82.1 Å². The minimum absolute atomic E-state index is 0.864. The van der Waals surface area contributed by atoms with Gasteiger partial charge in [0.1, 0.15) is 5.82 Å². The smallest absolute Gasteiger partial charge is 0.147 e. The van der Waals surface area contributed by atoms with E-state index in [0.29, 0.717) is 0 Å². The van der Waals surface area contributed by atoms with Crippen molar-refractivity contribution in [1.29, 1.82) is 0 Å². The first-order valence-corrected chi connectivity index (χ1v) is 7.88. The minimum Gasteiger partial charge on any atom is -0.325 e. The Hall–Kier alpha value is -1.87. The molecule has 0 saturated carbocycles. The highest BCUT2D eigenvalue weighted by Gasteiger charge is 2.15. The number of nitrogens with zero attached hydrogens (tertiary/aromatic N) is 2. The molecule has 0 saturated heterocycles. The first-order valence-electron chi connectivity index (χ1n) is 7.08. The van der Waals surface area contributed by atoms with Crippen molar-refractivity contribution >= 4 is 38.2 Å². The molecule has 1 aromatic heterocycles. The molecule has 21 heavy (non-hydrogen) atoms. The maximum absolute atomic E-state index is 4.57. The van der Waals surface area contributed by atoms with E-state index >= 15 is 0 Å². The molecular weight excluding hydrogens is 324 g/mol. The molecule has 0 fully saturated rings. The van der Waals surface area contributed by atoms with Crippen molar-refractivity contribution in [3.05, 3.63) is 64.8 Å². The fourth-order valence-electron chi connectivity index (χ4n) is 2.59. The summed E-state index contributed by atoms with van der Waals surface area (Å²) in [6, 6.07) is 16.9. The summed E-state index contributed by atoms with van der Waals surface area (Å²) in [5.41, 5.74) is 2.38. The van der Waals surface area contributed by atoms with Gasteiger partial charge in [-0.2, -0.15) is 0 Å². The van der Waals surface area contributed by atoms with Crippen LogP contribution in [0.2, 0.25) is 0 Å². The SMILES string of the molecule is CCN(c1nccc(C)c1Br)c1cccc2ccccc12. The van der Waals surface area contributed by atoms with Gasteiger partial charge in [-0.25, -0.2) is 4.98 Å². The van der Waals surface area contributed by atoms with E-state index in [1.165, 1.54) is 22.0 Å². The number of hydrogen-bond acceptors (Lipinski definition) is 2. The quantitative estimate of drug-likeness (QED) is 0.628. The second-order valence-electron chi connectivity index (χ2n) is 5.01. The first kappa shape index (κ1) is 14.1. The van der Waals surface area contributed by atoms with E-state index in [9.17, 15) is 0 Å². The van der Waals surface area contributed by atoms with Gasteiger partial charge in [-0.05, 0) is 52.9 Å². The summed E-state index contributed by atoms with van der Waals surface area (Å²) in [5.74, 6) is 0.967. The summed E-state index contributed by atoms with van der Waals surface area (Å²) in [6.07, 6.45) is 1.86. The van der Waals surface area contributed by atoms with Gasteiger partial charge in [0.25, 0.3) is 0 Å². The lowest BCUT2D eigenvalue weighted by Crippen LogP contribution is -2.18. The zero-order valence-corrected chi connectivity index (χ0v) is 13.8. The topological polar surface area (TPSA) is 16.1 Å². The Morgan fingerprint density at radius 1 is 1.05 bits per heavy atom. The summed E-state index contributed by atoms with van der Waals surface area (Å²) in [5, 5.41) is 2.49. The normalized spacial score (nSPS) is 10.8. The molecule has 2 nitrogen and oxygen atoms in total. The number of rotatable bonds is 3. The van der Waals surface area contributed by atoms with Crippen molar-refractivity contribution in [3.63, 3.8) is 0 Å². The number of aryl methyl sites for hydroxylation is 1. The van der Waals surface area contributed by atoms with Gasteiger partial charge in [-0.15, -0.1) is 0 Å². The third-order valence-electron chi connectivity index (χ3n) is 3.69. The molecule has 3 aromatic rings. The van der Waals surface area contributed by atoms with Crippen LogP contribution in [0.3, 0.4) is 0 Å². The summed E-state index contributed by atoms with van der Waals surface area (Å²) >= 11 is 3.68. The second-order valence-corrected chi connectivity index (χ2v) is 5.80. The van der Waals surface area contributed by atoms with Gasteiger partial charge >= 0.3 is 0 Å². The van der Waals surface area contributed by atoms with Crippen LogP contribution < -0.4 is 4.90 Å². The summed E-state index contributed by atoms with van der Waals surface area (Å²) in [4.78, 5) is 6.82. The summed E-state index contributed by atoms with van der Waals surface area (Å²) < 4.78 is 1.06. The predicted molar refractivity (Wildman–Crippen MR) is 93.3 cm³/mol. The lowest BCUT2D eigenvalue weighted by atomic mass is 10.1. The van der Waals surface area contributed by atoms with Crippen LogP contribution in [-0.2, 0) is 0 Å². The maximum Gasteiger partial charge on any atom is 0.147 e. The highest BCUT2D eigenvalue weighted by molar-refractivity contribution is 9.10. The third kappa shape index (κ3) is 2.54. The van der Waals surface area contributed by atoms with Gasteiger partial charge in [-0.3, -0.25) is 0 Å². The summed E-state index contributed by atoms with van der Waals surface area (Å²) in [6.45, 7) is 5.10. The average molecular weight is 341 g/mol. The second kappa shape index (κ2) is 5.86. The molecule has 106 valence electrons. The Morgan fingerprint density at radius 2 is 1.81 bits per heavy atom. The number of hydrogen-bond donors (Lipinski definition) is 0. The molecule has 0 aliphatic heterocycles. The monoisotopic (exact) mass is 340 g/mol. The van der Waals surface area contributed by atoms with Crippen LogP contribution in [0.1, 0.15) is 12.5 Å². The number of aromatic nitrogens is 1. The highest BCUT2D eigenvalue weighted by Crippen LogP contribution is 2.35. The van der Waals surface area contributed by atoms with Crippen molar-refractivity contribution in [3.8, 4) is 0 Å². The largest absolute Gasteiger partial charge is 0.325 e. The first-order chi connectivity index (χ1) is 10.2. The number of pyridine rings is 1. The molecule has 0 radical (unpaired) electrons. The molecule has 3 heteroatoms. The zero-order chi connectivity index (χ0) is 14.8. The van der Waals surface area contributed by atoms with E-state index in [-0.39, 0.29) is 0 Å². The highest BCUT2D eigenvalue weighted by atomic mass is 79.9. The fourth-order valence-corrected chi connectivity index (χ4v) is 3.04. The van der Waals surface area contributed by atoms with E-state index in [0.717, 1.165) is 16.8 Å². The Kier molecular flexibility index (Phi) is 3.93. The minimum atomic E-state index is 0.864. The van der Waals surface area contributed by atoms with E-state index in [1.807, 2.05) is 12.3 Å². The van der Waals surface area contributed by atoms with Crippen LogP contribution in [0.4, 0.5) is 11.5 Å². The number of fused-ring (bicyclic) bond motifs is 1. The number of halogens is 1. The van der Waals surface area contributed by atoms with Gasteiger partial charge in [0, 0.05) is 18.1 Å². The third-order valence-corrected chi connectivity index (χ3v) is 4.67. The van der Waals surface area contributed by atoms with Crippen molar-refractivity contribution < 1.29 is 0 Å². The lowest BCUT2D eigenvalue weighted by molar-refractivity contribution is 0.985. The lowest BCUT2D eigenvalue weighted by Gasteiger charge is -2.25. The van der Waals surface area contributed by atoms with Gasteiger partial charge in [0.15, 0.2) is 0 Å². The standard InChI is InChI=1S/C18H17BrN2/c1-3-21(18-17(19)13(2)11-12-20-18)16-10-6-8-14-7-4-5-9-15(14)16/h4-12H,3H2,1-2H3. The predicted octanol–water partition coefficient (Wildman–Crippen LogP) is 5.46. The molecule has 0 aliphatic carbocycles. The van der Waals surface area contributed by atoms with Gasteiger partial charge in [0.05, 0.1) is 10.2 Å². The zero-order valence-electron chi connectivity index (χ0n) is 12.2. The van der Waals surface area contributed by atoms with Crippen LogP contribution in [0.15, 0.2) is 59.2 Å². The maximum atomic E-state index is 4.57. The van der Waals surface area contributed by atoms with Crippen LogP contribution in [-0.4, -0.2) is 11.5 Å². The molecule has 0 spiro atoms. The van der Waals surface area contributed by atoms with Crippen molar-refractivity contribution in [2.24, 2.45) is 0 Å². The number of benzene rings is 2. The molecule has 3 rings (SSSR count). The molecular formula is C18H17BrN2. The molecule has 2 aromatic carbocycles. The van der Waals surface area contributed by atoms with Crippen LogP contribution in [0, 0.1) is 6.92 Å². The van der Waals surface area contributed by atoms with Gasteiger partial charge < -0.3 is 4.90 Å². The van der Waals surface area contributed by atoms with Gasteiger partial charge in [0.2, 0.25) is 0 Å². The Bertz CT molecular complexity index is 778. The van der Waals surface area contributed by atoms with Crippen LogP contribution in [0.25, 0.3) is 10.8 Å². The van der Waals surface area contributed by atoms with Gasteiger partial charge in [-0.1, -0.05) is 36.4 Å². The average Bonchev–Trinajstić information content (AvgIpc) is 2.52. The van der Waals surface area contributed by atoms with Crippen molar-refractivity contribution in [2.45, 2.75) is 13.8 Å². The molecule has 0 atom stereocenters. The molecule has 1 heterocycles. The van der Waals surface area contributed by atoms with Crippen molar-refractivity contribution in [1.82, 2.24) is 4.98 Å². The van der Waals surface area contributed by atoms with E-state index < -0.39 is 0 Å². The molecule has 0 bridgehead atoms. The summed E-state index contributed by atoms with van der Waals surface area (Å²) in [7, 11) is 0. The Labute approximate surface area is 133 Å². The van der Waals surface area contributed by atoms with E-state index in [4.69, 9.17) is 0 Å². The molecule has 0 N–H and O–H groups in total. The molecule has 0 aliphatic rings. The molecule has 0 unspecified atom stereocenters. The van der Waals surface area contributed by atoms with E-state index in [1.54, 1.807) is 0 Å². The Balaban J connectivity index is 2.21. The van der Waals surface area contributed by atoms with Crippen LogP contribution in [0.5, 0.6) is 0 Å². The van der Waals surface area contributed by atoms with Crippen molar-refractivity contribution in [2.75, 3.05) is 11.4 Å². The Morgan fingerprint density at radius 3 is 2.62 bits per heavy atom. The van der Waals surface area contributed by atoms with Crippen LogP contribution >= 0.6 is 15.9 Å². The number of anilines is 2.